The van der Waals surface area contributed by atoms with Gasteiger partial charge < -0.3 is 4.74 Å². The summed E-state index contributed by atoms with van der Waals surface area (Å²) in [6.07, 6.45) is 1.67. The molecule has 0 radical (unpaired) electrons. The molecule has 0 saturated heterocycles. The average Bonchev–Trinajstić information content (AvgIpc) is 2.85. The molecule has 0 aliphatic heterocycles. The molecule has 0 aliphatic rings. The lowest BCUT2D eigenvalue weighted by molar-refractivity contribution is -0.139. The number of rotatable bonds is 5. The molecule has 0 fully saturated rings. The molecule has 0 atom stereocenters. The summed E-state index contributed by atoms with van der Waals surface area (Å²) in [5.41, 5.74) is 2.71. The van der Waals surface area contributed by atoms with Crippen LogP contribution in [0.1, 0.15) is 30.8 Å². The summed E-state index contributed by atoms with van der Waals surface area (Å²) in [7, 11) is 1.38. The van der Waals surface area contributed by atoms with Gasteiger partial charge in [-0.05, 0) is 25.0 Å². The van der Waals surface area contributed by atoms with Crippen LogP contribution in [0.15, 0.2) is 12.1 Å². The Hall–Kier alpha value is -1.95. The van der Waals surface area contributed by atoms with Gasteiger partial charge in [-0.3, -0.25) is 4.79 Å². The lowest BCUT2D eigenvalue weighted by Gasteiger charge is -2.06. The molecule has 0 N–H and O–H groups in total. The molecule has 2 aromatic rings. The Labute approximate surface area is 128 Å². The van der Waals surface area contributed by atoms with Gasteiger partial charge in [0, 0.05) is 11.3 Å². The van der Waals surface area contributed by atoms with E-state index in [4.69, 9.17) is 16.3 Å². The van der Waals surface area contributed by atoms with E-state index in [9.17, 15) is 4.79 Å². The molecule has 7 heteroatoms. The average molecular weight is 309 g/mol. The Kier molecular flexibility index (Phi) is 4.90. The summed E-state index contributed by atoms with van der Waals surface area (Å²) in [6.45, 7) is 4.01. The predicted octanol–water partition coefficient (Wildman–Crippen LogP) is 2.16. The second kappa shape index (κ2) is 6.67. The van der Waals surface area contributed by atoms with Crippen LogP contribution in [0.3, 0.4) is 0 Å². The van der Waals surface area contributed by atoms with Crippen molar-refractivity contribution in [3.05, 3.63) is 34.2 Å². The summed E-state index contributed by atoms with van der Waals surface area (Å²) in [4.78, 5) is 11.6. The molecular weight excluding hydrogens is 292 g/mol. The van der Waals surface area contributed by atoms with Crippen LogP contribution >= 0.6 is 11.6 Å². The Bertz CT molecular complexity index is 637. The van der Waals surface area contributed by atoms with Crippen molar-refractivity contribution in [3.8, 4) is 5.82 Å². The van der Waals surface area contributed by atoms with E-state index < -0.39 is 0 Å². The van der Waals surface area contributed by atoms with Gasteiger partial charge in [0.1, 0.15) is 0 Å². The van der Waals surface area contributed by atoms with E-state index in [0.29, 0.717) is 11.0 Å². The minimum Gasteiger partial charge on any atom is -0.469 e. The molecule has 0 amide bonds. The molecule has 0 aromatic carbocycles. The fourth-order valence-electron chi connectivity index (χ4n) is 2.22. The highest BCUT2D eigenvalue weighted by Gasteiger charge is 2.20. The fraction of sp³-hybridized carbons (Fsp3) is 0.429. The van der Waals surface area contributed by atoms with Crippen molar-refractivity contribution < 1.29 is 9.53 Å². The molecule has 2 heterocycles. The number of nitrogens with zero attached hydrogens (tertiary/aromatic N) is 4. The first-order valence-corrected chi connectivity index (χ1v) is 7.14. The number of carbonyl (C=O) groups excluding carboxylic acids is 1. The number of carbonyl (C=O) groups is 1. The number of aromatic nitrogens is 4. The van der Waals surface area contributed by atoms with Crippen LogP contribution in [0.25, 0.3) is 5.82 Å². The maximum Gasteiger partial charge on any atom is 0.310 e. The van der Waals surface area contributed by atoms with Gasteiger partial charge in [0.05, 0.1) is 19.2 Å². The van der Waals surface area contributed by atoms with Crippen LogP contribution < -0.4 is 0 Å². The highest BCUT2D eigenvalue weighted by molar-refractivity contribution is 6.29. The van der Waals surface area contributed by atoms with Crippen molar-refractivity contribution in [1.29, 1.82) is 0 Å². The van der Waals surface area contributed by atoms with Crippen molar-refractivity contribution in [2.45, 2.75) is 33.1 Å². The summed E-state index contributed by atoms with van der Waals surface area (Å²) in [5, 5.41) is 12.8. The zero-order valence-corrected chi connectivity index (χ0v) is 13.0. The number of aryl methyl sites for hydroxylation is 1. The van der Waals surface area contributed by atoms with E-state index in [1.165, 1.54) is 7.11 Å². The van der Waals surface area contributed by atoms with Crippen LogP contribution in [0, 0.1) is 0 Å². The topological polar surface area (TPSA) is 69.9 Å². The van der Waals surface area contributed by atoms with Gasteiger partial charge in [0.15, 0.2) is 11.0 Å². The van der Waals surface area contributed by atoms with Gasteiger partial charge in [0.2, 0.25) is 0 Å². The lowest BCUT2D eigenvalue weighted by Crippen LogP contribution is -2.09. The zero-order valence-electron chi connectivity index (χ0n) is 12.3. The van der Waals surface area contributed by atoms with Crippen molar-refractivity contribution in [1.82, 2.24) is 20.0 Å². The van der Waals surface area contributed by atoms with Crippen molar-refractivity contribution in [2.75, 3.05) is 7.11 Å². The maximum atomic E-state index is 11.6. The fourth-order valence-corrected chi connectivity index (χ4v) is 2.32. The Morgan fingerprint density at radius 1 is 1.29 bits per heavy atom. The second-order valence-corrected chi connectivity index (χ2v) is 4.85. The standard InChI is InChI=1S/C14H17ClN4O2/c1-4-10-9(8-14(20)21-3)11(5-2)19(18-10)13-7-6-12(15)16-17-13/h6-7H,4-5,8H2,1-3H3. The summed E-state index contributed by atoms with van der Waals surface area (Å²) in [6, 6.07) is 3.42. The maximum absolute atomic E-state index is 11.6. The summed E-state index contributed by atoms with van der Waals surface area (Å²) in [5.74, 6) is 0.309. The van der Waals surface area contributed by atoms with Gasteiger partial charge in [-0.2, -0.15) is 5.10 Å². The Morgan fingerprint density at radius 2 is 2.05 bits per heavy atom. The Morgan fingerprint density at radius 3 is 2.57 bits per heavy atom. The smallest absolute Gasteiger partial charge is 0.310 e. The first-order chi connectivity index (χ1) is 10.1. The van der Waals surface area contributed by atoms with Gasteiger partial charge in [-0.25, -0.2) is 4.68 Å². The van der Waals surface area contributed by atoms with E-state index in [2.05, 4.69) is 15.3 Å². The minimum absolute atomic E-state index is 0.212. The molecule has 0 spiro atoms. The predicted molar refractivity (Wildman–Crippen MR) is 78.6 cm³/mol. The van der Waals surface area contributed by atoms with Crippen molar-refractivity contribution in [2.24, 2.45) is 0 Å². The van der Waals surface area contributed by atoms with E-state index in [0.717, 1.165) is 29.8 Å². The van der Waals surface area contributed by atoms with Crippen LogP contribution in [0.2, 0.25) is 5.15 Å². The molecule has 21 heavy (non-hydrogen) atoms. The molecule has 0 saturated carbocycles. The number of hydrogen-bond acceptors (Lipinski definition) is 5. The largest absolute Gasteiger partial charge is 0.469 e. The van der Waals surface area contributed by atoms with Crippen LogP contribution in [0.5, 0.6) is 0 Å². The molecular formula is C14H17ClN4O2. The van der Waals surface area contributed by atoms with E-state index in [1.807, 2.05) is 13.8 Å². The van der Waals surface area contributed by atoms with Crippen LogP contribution in [-0.4, -0.2) is 33.1 Å². The van der Waals surface area contributed by atoms with Crippen LogP contribution in [-0.2, 0) is 28.8 Å². The second-order valence-electron chi connectivity index (χ2n) is 4.46. The summed E-state index contributed by atoms with van der Waals surface area (Å²) < 4.78 is 6.49. The highest BCUT2D eigenvalue weighted by atomic mass is 35.5. The summed E-state index contributed by atoms with van der Waals surface area (Å²) >= 11 is 5.76. The molecule has 0 aliphatic carbocycles. The minimum atomic E-state index is -0.277. The number of ether oxygens (including phenoxy) is 1. The quantitative estimate of drug-likeness (QED) is 0.792. The van der Waals surface area contributed by atoms with Gasteiger partial charge in [-0.15, -0.1) is 10.2 Å². The number of esters is 1. The van der Waals surface area contributed by atoms with Gasteiger partial charge >= 0.3 is 5.97 Å². The number of halogens is 1. The van der Waals surface area contributed by atoms with E-state index in [-0.39, 0.29) is 12.4 Å². The van der Waals surface area contributed by atoms with Gasteiger partial charge in [0.25, 0.3) is 0 Å². The normalized spacial score (nSPS) is 10.7. The molecule has 0 unspecified atom stereocenters. The first kappa shape index (κ1) is 15.4. The SMILES string of the molecule is CCc1nn(-c2ccc(Cl)nn2)c(CC)c1CC(=O)OC. The number of methoxy groups -OCH3 is 1. The highest BCUT2D eigenvalue weighted by Crippen LogP contribution is 2.20. The molecule has 0 bridgehead atoms. The Balaban J connectivity index is 2.51. The first-order valence-electron chi connectivity index (χ1n) is 6.76. The molecule has 2 rings (SSSR count). The van der Waals surface area contributed by atoms with Crippen molar-refractivity contribution in [3.63, 3.8) is 0 Å². The monoisotopic (exact) mass is 308 g/mol. The van der Waals surface area contributed by atoms with E-state index in [1.54, 1.807) is 16.8 Å². The third-order valence-corrected chi connectivity index (χ3v) is 3.43. The third-order valence-electron chi connectivity index (χ3n) is 3.23. The van der Waals surface area contributed by atoms with Gasteiger partial charge in [-0.1, -0.05) is 25.4 Å². The van der Waals surface area contributed by atoms with Crippen LogP contribution in [0.4, 0.5) is 0 Å². The number of hydrogen-bond donors (Lipinski definition) is 0. The lowest BCUT2D eigenvalue weighted by atomic mass is 10.1. The molecule has 112 valence electrons. The molecule has 6 nitrogen and oxygen atoms in total. The van der Waals surface area contributed by atoms with E-state index >= 15 is 0 Å². The molecule has 2 aromatic heterocycles. The zero-order chi connectivity index (χ0) is 15.4. The van der Waals surface area contributed by atoms with Crippen molar-refractivity contribution >= 4 is 17.6 Å². The third kappa shape index (κ3) is 3.21.